The molecule has 0 aromatic heterocycles. The van der Waals surface area contributed by atoms with E-state index < -0.39 is 10.0 Å². The Kier molecular flexibility index (Phi) is 8.51. The zero-order valence-corrected chi connectivity index (χ0v) is 24.9. The number of hydrogen-bond donors (Lipinski definition) is 2. The number of rotatable bonds is 8. The summed E-state index contributed by atoms with van der Waals surface area (Å²) in [6, 6.07) is 27.3. The molecule has 204 valence electrons. The number of hydrogen-bond acceptors (Lipinski definition) is 5. The fraction of sp³-hybridized carbons (Fsp3) is 0.103. The van der Waals surface area contributed by atoms with Crippen molar-refractivity contribution in [2.45, 2.75) is 16.8 Å². The zero-order valence-electron chi connectivity index (χ0n) is 20.9. The third kappa shape index (κ3) is 6.69. The summed E-state index contributed by atoms with van der Waals surface area (Å²) >= 11 is 10.9. The highest BCUT2D eigenvalue weighted by atomic mass is 79.9. The van der Waals surface area contributed by atoms with E-state index in [2.05, 4.69) is 26.0 Å². The maximum atomic E-state index is 12.9. The zero-order chi connectivity index (χ0) is 28.3. The molecule has 4 aromatic rings. The van der Waals surface area contributed by atoms with E-state index in [9.17, 15) is 18.0 Å². The molecule has 2 amide bonds. The molecule has 1 heterocycles. The maximum Gasteiger partial charge on any atom is 0.261 e. The molecule has 1 saturated heterocycles. The van der Waals surface area contributed by atoms with Crippen LogP contribution in [0.4, 0.5) is 11.4 Å². The van der Waals surface area contributed by atoms with Gasteiger partial charge < -0.3 is 10.2 Å². The summed E-state index contributed by atoms with van der Waals surface area (Å²) in [4.78, 5) is 27.3. The van der Waals surface area contributed by atoms with Crippen LogP contribution in [0.15, 0.2) is 106 Å². The van der Waals surface area contributed by atoms with Crippen LogP contribution in [0.1, 0.15) is 26.9 Å². The lowest BCUT2D eigenvalue weighted by molar-refractivity contribution is -0.128. The molecule has 1 atom stereocenters. The first-order valence-corrected chi connectivity index (χ1v) is 15.8. The minimum atomic E-state index is -3.78. The monoisotopic (exact) mass is 655 g/mol. The van der Waals surface area contributed by atoms with Crippen LogP contribution >= 0.6 is 39.3 Å². The number of amides is 2. The van der Waals surface area contributed by atoms with Crippen LogP contribution in [0.3, 0.4) is 0 Å². The minimum Gasteiger partial charge on any atom is -0.322 e. The highest BCUT2D eigenvalue weighted by Gasteiger charge is 2.32. The van der Waals surface area contributed by atoms with Gasteiger partial charge in [0.15, 0.2) is 0 Å². The lowest BCUT2D eigenvalue weighted by Gasteiger charge is -2.24. The number of carbonyl (C=O) groups is 2. The summed E-state index contributed by atoms with van der Waals surface area (Å²) < 4.78 is 28.8. The van der Waals surface area contributed by atoms with Crippen LogP contribution in [0.5, 0.6) is 0 Å². The van der Waals surface area contributed by atoms with E-state index in [1.165, 1.54) is 24.3 Å². The maximum absolute atomic E-state index is 12.9. The van der Waals surface area contributed by atoms with Gasteiger partial charge in [0.05, 0.1) is 10.6 Å². The largest absolute Gasteiger partial charge is 0.322 e. The standard InChI is InChI=1S/C29H23BrClN3O4S2/c30-22-7-11-25(12-8-22)33-40(37,38)26-15-13-24(14-16-26)32-28(36)20-3-5-21(6-4-20)29-34(27(35)18-39-29)17-19-1-9-23(31)10-2-19/h1-16,29,33H,17-18H2,(H,32,36)/t29-/m1/s1. The van der Waals surface area contributed by atoms with Gasteiger partial charge in [0.1, 0.15) is 5.37 Å². The third-order valence-electron chi connectivity index (χ3n) is 6.21. The lowest BCUT2D eigenvalue weighted by atomic mass is 10.1. The Hall–Kier alpha value is -3.31. The molecule has 0 unspecified atom stereocenters. The van der Waals surface area contributed by atoms with Gasteiger partial charge in [0, 0.05) is 33.0 Å². The van der Waals surface area contributed by atoms with Crippen molar-refractivity contribution in [2.75, 3.05) is 15.8 Å². The van der Waals surface area contributed by atoms with Crippen molar-refractivity contribution < 1.29 is 18.0 Å². The average Bonchev–Trinajstić information content (AvgIpc) is 3.31. The van der Waals surface area contributed by atoms with Gasteiger partial charge in [-0.1, -0.05) is 51.8 Å². The molecule has 5 rings (SSSR count). The van der Waals surface area contributed by atoms with Crippen LogP contribution in [0.25, 0.3) is 0 Å². The Morgan fingerprint density at radius 3 is 2.17 bits per heavy atom. The molecule has 1 fully saturated rings. The Labute approximate surface area is 250 Å². The number of nitrogens with one attached hydrogen (secondary N) is 2. The molecule has 0 saturated carbocycles. The van der Waals surface area contributed by atoms with E-state index in [1.54, 1.807) is 60.3 Å². The minimum absolute atomic E-state index is 0.0595. The number of halogens is 2. The molecule has 0 radical (unpaired) electrons. The highest BCUT2D eigenvalue weighted by Crippen LogP contribution is 2.39. The quantitative estimate of drug-likeness (QED) is 0.215. The fourth-order valence-corrected chi connectivity index (χ4v) is 6.78. The fourth-order valence-electron chi connectivity index (χ4n) is 4.14. The smallest absolute Gasteiger partial charge is 0.261 e. The molecule has 11 heteroatoms. The number of carbonyl (C=O) groups excluding carboxylic acids is 2. The number of nitrogens with zero attached hydrogens (tertiary/aromatic N) is 1. The van der Waals surface area contributed by atoms with E-state index in [0.29, 0.717) is 34.3 Å². The summed E-state index contributed by atoms with van der Waals surface area (Å²) in [6.07, 6.45) is 0. The lowest BCUT2D eigenvalue weighted by Crippen LogP contribution is -2.27. The molecule has 0 bridgehead atoms. The van der Waals surface area contributed by atoms with Crippen LogP contribution < -0.4 is 10.0 Å². The number of sulfonamides is 1. The van der Waals surface area contributed by atoms with Crippen LogP contribution in [0, 0.1) is 0 Å². The summed E-state index contributed by atoms with van der Waals surface area (Å²) in [7, 11) is -3.78. The second kappa shape index (κ2) is 12.1. The van der Waals surface area contributed by atoms with Crippen molar-refractivity contribution >= 4 is 72.5 Å². The molecule has 7 nitrogen and oxygen atoms in total. The highest BCUT2D eigenvalue weighted by molar-refractivity contribution is 9.10. The van der Waals surface area contributed by atoms with Crippen molar-refractivity contribution in [1.82, 2.24) is 4.90 Å². The first kappa shape index (κ1) is 28.2. The van der Waals surface area contributed by atoms with Crippen LogP contribution in [-0.4, -0.2) is 30.9 Å². The van der Waals surface area contributed by atoms with Gasteiger partial charge in [0.25, 0.3) is 15.9 Å². The van der Waals surface area contributed by atoms with Crippen LogP contribution in [0.2, 0.25) is 5.02 Å². The first-order valence-electron chi connectivity index (χ1n) is 12.1. The Morgan fingerprint density at radius 1 is 0.900 bits per heavy atom. The Bertz CT molecular complexity index is 1630. The SMILES string of the molecule is O=C(Nc1ccc(S(=O)(=O)Nc2ccc(Br)cc2)cc1)c1ccc([C@H]2SCC(=O)N2Cc2ccc(Cl)cc2)cc1. The van der Waals surface area contributed by atoms with Gasteiger partial charge in [-0.2, -0.15) is 0 Å². The molecular weight excluding hydrogens is 634 g/mol. The van der Waals surface area contributed by atoms with E-state index in [1.807, 2.05) is 29.2 Å². The second-order valence-electron chi connectivity index (χ2n) is 9.02. The van der Waals surface area contributed by atoms with Gasteiger partial charge in [-0.25, -0.2) is 8.42 Å². The second-order valence-corrected chi connectivity index (χ2v) is 13.1. The predicted octanol–water partition coefficient (Wildman–Crippen LogP) is 6.93. The van der Waals surface area contributed by atoms with Crippen molar-refractivity contribution in [3.8, 4) is 0 Å². The molecular formula is C29H23BrClN3O4S2. The molecule has 1 aliphatic heterocycles. The topological polar surface area (TPSA) is 95.6 Å². The van der Waals surface area contributed by atoms with Gasteiger partial charge in [-0.15, -0.1) is 11.8 Å². The molecule has 0 aliphatic carbocycles. The Morgan fingerprint density at radius 2 is 1.52 bits per heavy atom. The summed E-state index contributed by atoms with van der Waals surface area (Å²) in [5.41, 5.74) is 3.26. The van der Waals surface area contributed by atoms with E-state index in [0.717, 1.165) is 15.6 Å². The molecule has 2 N–H and O–H groups in total. The Balaban J connectivity index is 1.22. The number of benzene rings is 4. The molecule has 4 aromatic carbocycles. The van der Waals surface area contributed by atoms with Gasteiger partial charge in [0.2, 0.25) is 5.91 Å². The molecule has 40 heavy (non-hydrogen) atoms. The van der Waals surface area contributed by atoms with Crippen molar-refractivity contribution in [1.29, 1.82) is 0 Å². The summed E-state index contributed by atoms with van der Waals surface area (Å²) in [5.74, 6) is 0.123. The van der Waals surface area contributed by atoms with E-state index >= 15 is 0 Å². The molecule has 1 aliphatic rings. The number of anilines is 2. The van der Waals surface area contributed by atoms with Crippen molar-refractivity contribution in [3.05, 3.63) is 123 Å². The van der Waals surface area contributed by atoms with Gasteiger partial charge in [-0.05, 0) is 83.9 Å². The third-order valence-corrected chi connectivity index (χ3v) is 9.65. The molecule has 0 spiro atoms. The van der Waals surface area contributed by atoms with Crippen molar-refractivity contribution in [2.24, 2.45) is 0 Å². The number of thioether (sulfide) groups is 1. The first-order chi connectivity index (χ1) is 19.2. The summed E-state index contributed by atoms with van der Waals surface area (Å²) in [5, 5.41) is 3.29. The van der Waals surface area contributed by atoms with Gasteiger partial charge >= 0.3 is 0 Å². The van der Waals surface area contributed by atoms with Gasteiger partial charge in [-0.3, -0.25) is 14.3 Å². The average molecular weight is 657 g/mol. The summed E-state index contributed by atoms with van der Waals surface area (Å²) in [6.45, 7) is 0.472. The van der Waals surface area contributed by atoms with Crippen LogP contribution in [-0.2, 0) is 21.4 Å². The predicted molar refractivity (Wildman–Crippen MR) is 163 cm³/mol. The van der Waals surface area contributed by atoms with E-state index in [4.69, 9.17) is 11.6 Å². The van der Waals surface area contributed by atoms with E-state index in [-0.39, 0.29) is 22.1 Å². The van der Waals surface area contributed by atoms with Crippen molar-refractivity contribution in [3.63, 3.8) is 0 Å². The normalized spacial score (nSPS) is 15.2.